The van der Waals surface area contributed by atoms with Gasteiger partial charge < -0.3 is 34.0 Å². The molecule has 0 nitrogen and oxygen atoms in total. The number of halogens is 2. The van der Waals surface area contributed by atoms with Gasteiger partial charge in [-0.2, -0.15) is 0 Å². The van der Waals surface area contributed by atoms with Crippen molar-refractivity contribution in [1.82, 2.24) is 0 Å². The van der Waals surface area contributed by atoms with E-state index in [-0.39, 0.29) is 34.0 Å². The van der Waals surface area contributed by atoms with Crippen LogP contribution in [0.15, 0.2) is 43.8 Å². The van der Waals surface area contributed by atoms with Crippen LogP contribution >= 0.6 is 0 Å². The van der Waals surface area contributed by atoms with Crippen LogP contribution in [0.2, 0.25) is 3.63 Å². The molecule has 1 atom stereocenters. The van der Waals surface area contributed by atoms with E-state index < -0.39 is 23.2 Å². The Kier molecular flexibility index (Phi) is 9.42. The molecule has 1 unspecified atom stereocenters. The number of allylic oxidation sites excluding steroid dienone is 8. The van der Waals surface area contributed by atoms with E-state index in [1.54, 1.807) is 16.7 Å². The van der Waals surface area contributed by atoms with Gasteiger partial charge >= 0.3 is 136 Å². The Morgan fingerprint density at radius 2 is 1.95 bits per heavy atom. The molecule has 0 amide bonds. The van der Waals surface area contributed by atoms with E-state index in [4.69, 9.17) is 0 Å². The molecule has 0 bridgehead atoms. The van der Waals surface area contributed by atoms with Crippen LogP contribution in [0.4, 0.5) is 0 Å². The largest absolute Gasteiger partial charge is 1.00 e. The van der Waals surface area contributed by atoms with Crippen LogP contribution in [0.3, 0.4) is 0 Å². The van der Waals surface area contributed by atoms with Crippen LogP contribution in [0.5, 0.6) is 0 Å². The molecule has 0 spiro atoms. The molecular formula is C19H26Br2Zr. The maximum atomic E-state index is 2.57. The minimum atomic E-state index is -0.478. The number of hydrogen-bond acceptors (Lipinski definition) is 0. The molecule has 3 aliphatic rings. The first-order valence-electron chi connectivity index (χ1n) is 8.35. The predicted molar refractivity (Wildman–Crippen MR) is 83.3 cm³/mol. The molecule has 3 rings (SSSR count). The van der Waals surface area contributed by atoms with Crippen molar-refractivity contribution < 1.29 is 57.2 Å². The Hall–Kier alpha value is 0.803. The Balaban J connectivity index is 0.00000121. The van der Waals surface area contributed by atoms with Crippen LogP contribution in [0.25, 0.3) is 0 Å². The van der Waals surface area contributed by atoms with E-state index >= 15 is 0 Å². The van der Waals surface area contributed by atoms with Crippen molar-refractivity contribution in [2.75, 3.05) is 0 Å². The Morgan fingerprint density at radius 3 is 2.73 bits per heavy atom. The van der Waals surface area contributed by atoms with E-state index in [1.165, 1.54) is 51.4 Å². The summed E-state index contributed by atoms with van der Waals surface area (Å²) in [5.41, 5.74) is 7.03. The number of hydrogen-bond donors (Lipinski definition) is 0. The third-order valence-electron chi connectivity index (χ3n) is 4.92. The monoisotopic (exact) mass is 502 g/mol. The average Bonchev–Trinajstić information content (AvgIpc) is 3.03. The standard InChI is InChI=1S/C10H15.C9H11.2BrH.Zr/c1-3-4-5-10-7-6-9(2)8-10;1-2-5-9-7-3-6-8(9)4-1;;;/h7H,3-6H2,1-2H3;3,6-7H,1-2,4-5H2;2*1H;/q;;;;+2/p-2. The first-order valence-corrected chi connectivity index (χ1v) is 11.0. The zero-order valence-corrected chi connectivity index (χ0v) is 19.4. The van der Waals surface area contributed by atoms with Crippen molar-refractivity contribution in [2.24, 2.45) is 0 Å². The summed E-state index contributed by atoms with van der Waals surface area (Å²) in [4.78, 5) is 0. The smallest absolute Gasteiger partial charge is 1.00 e. The molecule has 0 saturated carbocycles. The average molecular weight is 505 g/mol. The molecule has 0 aliphatic heterocycles. The summed E-state index contributed by atoms with van der Waals surface area (Å²) in [6.07, 6.45) is 18.5. The minimum Gasteiger partial charge on any atom is -1.00 e. The first-order chi connectivity index (χ1) is 9.79. The van der Waals surface area contributed by atoms with E-state index in [2.05, 4.69) is 32.1 Å². The van der Waals surface area contributed by atoms with Gasteiger partial charge in [-0.3, -0.25) is 0 Å². The molecule has 3 heteroatoms. The van der Waals surface area contributed by atoms with E-state index in [0.717, 1.165) is 3.63 Å². The fourth-order valence-corrected chi connectivity index (χ4v) is 8.03. The Morgan fingerprint density at radius 1 is 1.18 bits per heavy atom. The second-order valence-corrected chi connectivity index (χ2v) is 9.90. The zero-order valence-electron chi connectivity index (χ0n) is 13.7. The molecule has 22 heavy (non-hydrogen) atoms. The predicted octanol–water partition coefficient (Wildman–Crippen LogP) is 0.100. The molecule has 0 heterocycles. The minimum absolute atomic E-state index is 0. The van der Waals surface area contributed by atoms with Gasteiger partial charge in [0.1, 0.15) is 0 Å². The van der Waals surface area contributed by atoms with Crippen molar-refractivity contribution >= 4 is 0 Å². The van der Waals surface area contributed by atoms with Crippen molar-refractivity contribution in [3.05, 3.63) is 43.8 Å². The third kappa shape index (κ3) is 4.67. The molecule has 0 N–H and O–H groups in total. The Bertz CT molecular complexity index is 512. The second-order valence-electron chi connectivity index (χ2n) is 6.43. The maximum absolute atomic E-state index is 2.57. The zero-order chi connectivity index (χ0) is 13.9. The molecule has 3 aliphatic carbocycles. The Labute approximate surface area is 168 Å². The molecule has 120 valence electrons. The van der Waals surface area contributed by atoms with E-state index in [1.807, 2.05) is 8.85 Å². The quantitative estimate of drug-likeness (QED) is 0.498. The van der Waals surface area contributed by atoms with Crippen LogP contribution < -0.4 is 34.0 Å². The molecular weight excluding hydrogens is 479 g/mol. The summed E-state index contributed by atoms with van der Waals surface area (Å²) in [5.74, 6) is 0. The first kappa shape index (κ1) is 20.8. The van der Waals surface area contributed by atoms with Gasteiger partial charge in [-0.05, 0) is 0 Å². The van der Waals surface area contributed by atoms with Crippen molar-refractivity contribution in [1.29, 1.82) is 0 Å². The van der Waals surface area contributed by atoms with E-state index in [9.17, 15) is 0 Å². The summed E-state index contributed by atoms with van der Waals surface area (Å²) in [7, 11) is 0. The summed E-state index contributed by atoms with van der Waals surface area (Å²) < 4.78 is 2.76. The SMILES string of the molecule is CCCCC1=CCC(C)=[C]1[Zr+2][CH]1C=CC2=C1CCCC2.[Br-].[Br-]. The summed E-state index contributed by atoms with van der Waals surface area (Å²) in [5, 5.41) is 0. The van der Waals surface area contributed by atoms with Gasteiger partial charge in [0.15, 0.2) is 0 Å². The third-order valence-corrected chi connectivity index (χ3v) is 9.56. The van der Waals surface area contributed by atoms with Crippen LogP contribution in [0.1, 0.15) is 65.2 Å². The van der Waals surface area contributed by atoms with Crippen molar-refractivity contribution in [3.8, 4) is 0 Å². The van der Waals surface area contributed by atoms with Crippen LogP contribution in [0, 0.1) is 0 Å². The molecule has 0 aromatic rings. The number of rotatable bonds is 5. The molecule has 0 fully saturated rings. The van der Waals surface area contributed by atoms with Crippen LogP contribution in [-0.4, -0.2) is 0 Å². The summed E-state index contributed by atoms with van der Waals surface area (Å²) >= 11 is -0.478. The topological polar surface area (TPSA) is 0 Å². The second kappa shape index (κ2) is 9.94. The van der Waals surface area contributed by atoms with Gasteiger partial charge in [0.2, 0.25) is 0 Å². The van der Waals surface area contributed by atoms with Gasteiger partial charge in [0.05, 0.1) is 0 Å². The fourth-order valence-electron chi connectivity index (χ4n) is 3.68. The molecule has 0 aromatic heterocycles. The van der Waals surface area contributed by atoms with Gasteiger partial charge in [-0.1, -0.05) is 0 Å². The summed E-state index contributed by atoms with van der Waals surface area (Å²) in [6, 6.07) is 0. The van der Waals surface area contributed by atoms with Crippen molar-refractivity contribution in [3.63, 3.8) is 0 Å². The van der Waals surface area contributed by atoms with E-state index in [0.29, 0.717) is 0 Å². The summed E-state index contributed by atoms with van der Waals surface area (Å²) in [6.45, 7) is 4.70. The normalized spacial score (nSPS) is 22.8. The fraction of sp³-hybridized carbons (Fsp3) is 0.579. The molecule has 0 radical (unpaired) electrons. The number of unbranched alkanes of at least 4 members (excludes halogenated alkanes) is 1. The van der Waals surface area contributed by atoms with Gasteiger partial charge in [0, 0.05) is 0 Å². The van der Waals surface area contributed by atoms with Gasteiger partial charge in [-0.15, -0.1) is 0 Å². The van der Waals surface area contributed by atoms with Gasteiger partial charge in [-0.25, -0.2) is 0 Å². The maximum Gasteiger partial charge on any atom is -1.00 e. The molecule has 0 saturated heterocycles. The molecule has 0 aromatic carbocycles. The van der Waals surface area contributed by atoms with Crippen LogP contribution in [-0.2, 0) is 23.2 Å². The van der Waals surface area contributed by atoms with Crippen molar-refractivity contribution in [2.45, 2.75) is 68.8 Å². The van der Waals surface area contributed by atoms with Gasteiger partial charge in [0.25, 0.3) is 0 Å².